The second-order valence-electron chi connectivity index (χ2n) is 6.45. The molecule has 0 aromatic heterocycles. The first-order valence-electron chi connectivity index (χ1n) is 9.30. The Morgan fingerprint density at radius 2 is 1.15 bits per heavy atom. The molecule has 0 atom stereocenters. The Balaban J connectivity index is 1.70. The topological polar surface area (TPSA) is 9.23 Å². The molecule has 0 amide bonds. The Bertz CT molecular complexity index is 825. The molecule has 0 radical (unpaired) electrons. The Hall–Kier alpha value is -2.64. The van der Waals surface area contributed by atoms with Gasteiger partial charge in [0.1, 0.15) is 0 Å². The Kier molecular flexibility index (Phi) is 6.40. The van der Waals surface area contributed by atoms with E-state index in [-0.39, 0.29) is 0 Å². The van der Waals surface area contributed by atoms with Gasteiger partial charge >= 0.3 is 0 Å². The molecule has 132 valence electrons. The number of benzene rings is 3. The summed E-state index contributed by atoms with van der Waals surface area (Å²) in [6, 6.07) is 26.1. The highest BCUT2D eigenvalue weighted by Gasteiger charge is 2.01. The van der Waals surface area contributed by atoms with Crippen LogP contribution in [0.25, 0.3) is 28.3 Å². The van der Waals surface area contributed by atoms with Gasteiger partial charge < -0.3 is 4.74 Å². The van der Waals surface area contributed by atoms with Crippen LogP contribution >= 0.6 is 0 Å². The maximum Gasteiger partial charge on any atom is 0.0716 e. The van der Waals surface area contributed by atoms with Crippen LogP contribution in [-0.4, -0.2) is 6.61 Å². The highest BCUT2D eigenvalue weighted by molar-refractivity contribution is 5.71. The quantitative estimate of drug-likeness (QED) is 0.421. The van der Waals surface area contributed by atoms with Crippen molar-refractivity contribution in [2.75, 3.05) is 6.61 Å². The molecular formula is C25H26O. The molecule has 3 rings (SSSR count). The second-order valence-corrected chi connectivity index (χ2v) is 6.45. The maximum absolute atomic E-state index is 5.60. The molecule has 1 nitrogen and oxygen atoms in total. The molecule has 0 aliphatic heterocycles. The minimum Gasteiger partial charge on any atom is -0.377 e. The van der Waals surface area contributed by atoms with Crippen LogP contribution in [-0.2, 0) is 11.3 Å². The minimum atomic E-state index is 0.691. The third kappa shape index (κ3) is 4.71. The molecule has 26 heavy (non-hydrogen) atoms. The van der Waals surface area contributed by atoms with E-state index in [2.05, 4.69) is 91.9 Å². The summed E-state index contributed by atoms with van der Waals surface area (Å²) in [6.07, 6.45) is 5.23. The molecule has 3 aromatic rings. The van der Waals surface area contributed by atoms with Crippen LogP contribution in [0.4, 0.5) is 0 Å². The van der Waals surface area contributed by atoms with Crippen molar-refractivity contribution in [2.24, 2.45) is 0 Å². The summed E-state index contributed by atoms with van der Waals surface area (Å²) in [5, 5.41) is 0. The number of allylic oxidation sites excluding steroid dienone is 1. The SMILES string of the molecule is CC=Cc1ccc(-c2ccc(-c3ccc(COCCC)cc3)cc2)cc1. The van der Waals surface area contributed by atoms with Crippen LogP contribution in [0.1, 0.15) is 31.4 Å². The predicted octanol–water partition coefficient (Wildman–Crippen LogP) is 6.98. The maximum atomic E-state index is 5.60. The summed E-state index contributed by atoms with van der Waals surface area (Å²) in [6.45, 7) is 5.68. The first-order valence-corrected chi connectivity index (χ1v) is 9.30. The van der Waals surface area contributed by atoms with Crippen molar-refractivity contribution in [1.82, 2.24) is 0 Å². The smallest absolute Gasteiger partial charge is 0.0716 e. The van der Waals surface area contributed by atoms with Gasteiger partial charge in [0.05, 0.1) is 6.61 Å². The lowest BCUT2D eigenvalue weighted by Crippen LogP contribution is -1.93. The molecule has 0 fully saturated rings. The lowest BCUT2D eigenvalue weighted by Gasteiger charge is -2.07. The number of ether oxygens (including phenoxy) is 1. The highest BCUT2D eigenvalue weighted by Crippen LogP contribution is 2.25. The van der Waals surface area contributed by atoms with E-state index in [9.17, 15) is 0 Å². The summed E-state index contributed by atoms with van der Waals surface area (Å²) in [5.41, 5.74) is 7.41. The molecule has 0 saturated heterocycles. The van der Waals surface area contributed by atoms with Crippen LogP contribution in [0, 0.1) is 0 Å². The van der Waals surface area contributed by atoms with Gasteiger partial charge in [-0.3, -0.25) is 0 Å². The van der Waals surface area contributed by atoms with Crippen LogP contribution in [0.3, 0.4) is 0 Å². The predicted molar refractivity (Wildman–Crippen MR) is 112 cm³/mol. The van der Waals surface area contributed by atoms with Crippen molar-refractivity contribution in [3.05, 3.63) is 90.0 Å². The average molecular weight is 342 g/mol. The van der Waals surface area contributed by atoms with Crippen molar-refractivity contribution in [3.63, 3.8) is 0 Å². The normalized spacial score (nSPS) is 11.2. The van der Waals surface area contributed by atoms with Crippen LogP contribution < -0.4 is 0 Å². The molecule has 0 heterocycles. The zero-order valence-corrected chi connectivity index (χ0v) is 15.6. The van der Waals surface area contributed by atoms with Gasteiger partial charge in [-0.2, -0.15) is 0 Å². The van der Waals surface area contributed by atoms with E-state index in [1.54, 1.807) is 0 Å². The summed E-state index contributed by atoms with van der Waals surface area (Å²) >= 11 is 0. The fourth-order valence-electron chi connectivity index (χ4n) is 2.96. The molecule has 1 heteroatoms. The van der Waals surface area contributed by atoms with Gasteiger partial charge in [-0.05, 0) is 46.7 Å². The fraction of sp³-hybridized carbons (Fsp3) is 0.200. The Morgan fingerprint density at radius 1 is 0.692 bits per heavy atom. The third-order valence-corrected chi connectivity index (χ3v) is 4.39. The largest absolute Gasteiger partial charge is 0.377 e. The van der Waals surface area contributed by atoms with Crippen molar-refractivity contribution < 1.29 is 4.74 Å². The van der Waals surface area contributed by atoms with Gasteiger partial charge in [0, 0.05) is 6.61 Å². The summed E-state index contributed by atoms with van der Waals surface area (Å²) in [5.74, 6) is 0. The average Bonchev–Trinajstić information content (AvgIpc) is 2.70. The molecule has 0 N–H and O–H groups in total. The van der Waals surface area contributed by atoms with Gasteiger partial charge in [-0.15, -0.1) is 0 Å². The zero-order valence-electron chi connectivity index (χ0n) is 15.6. The summed E-state index contributed by atoms with van der Waals surface area (Å²) in [4.78, 5) is 0. The van der Waals surface area contributed by atoms with E-state index >= 15 is 0 Å². The monoisotopic (exact) mass is 342 g/mol. The number of hydrogen-bond donors (Lipinski definition) is 0. The lowest BCUT2D eigenvalue weighted by atomic mass is 9.99. The van der Waals surface area contributed by atoms with E-state index in [0.29, 0.717) is 6.61 Å². The first-order chi connectivity index (χ1) is 12.8. The van der Waals surface area contributed by atoms with Gasteiger partial charge in [0.2, 0.25) is 0 Å². The fourth-order valence-corrected chi connectivity index (χ4v) is 2.96. The Labute approximate surface area is 157 Å². The number of rotatable bonds is 7. The summed E-state index contributed by atoms with van der Waals surface area (Å²) in [7, 11) is 0. The minimum absolute atomic E-state index is 0.691. The van der Waals surface area contributed by atoms with Crippen molar-refractivity contribution in [3.8, 4) is 22.3 Å². The van der Waals surface area contributed by atoms with Gasteiger partial charge in [0.15, 0.2) is 0 Å². The van der Waals surface area contributed by atoms with Crippen LogP contribution in [0.2, 0.25) is 0 Å². The zero-order chi connectivity index (χ0) is 18.2. The summed E-state index contributed by atoms with van der Waals surface area (Å²) < 4.78 is 5.60. The first kappa shape index (κ1) is 18.2. The molecule has 0 saturated carbocycles. The van der Waals surface area contributed by atoms with Crippen molar-refractivity contribution in [1.29, 1.82) is 0 Å². The van der Waals surface area contributed by atoms with Crippen molar-refractivity contribution >= 4 is 6.08 Å². The Morgan fingerprint density at radius 3 is 1.62 bits per heavy atom. The molecule has 0 aliphatic carbocycles. The van der Waals surface area contributed by atoms with Crippen LogP contribution in [0.15, 0.2) is 78.9 Å². The van der Waals surface area contributed by atoms with E-state index in [4.69, 9.17) is 4.74 Å². The van der Waals surface area contributed by atoms with E-state index in [1.807, 2.05) is 6.92 Å². The molecule has 0 aliphatic rings. The van der Waals surface area contributed by atoms with Crippen molar-refractivity contribution in [2.45, 2.75) is 26.9 Å². The highest BCUT2D eigenvalue weighted by atomic mass is 16.5. The number of hydrogen-bond acceptors (Lipinski definition) is 1. The third-order valence-electron chi connectivity index (χ3n) is 4.39. The standard InChI is InChI=1S/C25H26O/c1-3-5-20-6-10-22(11-7-20)24-14-16-25(17-15-24)23-12-8-21(9-13-23)19-26-18-4-2/h3,5-17H,4,18-19H2,1-2H3. The molecule has 0 unspecified atom stereocenters. The molecule has 0 spiro atoms. The lowest BCUT2D eigenvalue weighted by molar-refractivity contribution is 0.121. The second kappa shape index (κ2) is 9.17. The van der Waals surface area contributed by atoms with Gasteiger partial charge in [0.25, 0.3) is 0 Å². The van der Waals surface area contributed by atoms with E-state index < -0.39 is 0 Å². The molecular weight excluding hydrogens is 316 g/mol. The molecule has 0 bridgehead atoms. The van der Waals surface area contributed by atoms with E-state index in [0.717, 1.165) is 13.0 Å². The van der Waals surface area contributed by atoms with Crippen LogP contribution in [0.5, 0.6) is 0 Å². The molecule has 3 aromatic carbocycles. The van der Waals surface area contributed by atoms with Gasteiger partial charge in [-0.1, -0.05) is 91.9 Å². The van der Waals surface area contributed by atoms with E-state index in [1.165, 1.54) is 33.4 Å². The van der Waals surface area contributed by atoms with Gasteiger partial charge in [-0.25, -0.2) is 0 Å².